The number of amides is 3. The van der Waals surface area contributed by atoms with Crippen LogP contribution in [0.3, 0.4) is 0 Å². The van der Waals surface area contributed by atoms with Gasteiger partial charge in [-0.2, -0.15) is 0 Å². The SMILES string of the molecule is CC(C)CC(NC(=O)C(Cc1ccc(O)cc1)NC(=O)C(Cc1ccccc1)NC(=O)CN)C(=O)O. The Bertz CT molecular complexity index is 1030. The molecule has 2 aromatic carbocycles. The maximum Gasteiger partial charge on any atom is 0.326 e. The first-order chi connectivity index (χ1) is 17.1. The summed E-state index contributed by atoms with van der Waals surface area (Å²) in [5.74, 6) is -2.95. The van der Waals surface area contributed by atoms with Crippen LogP contribution >= 0.6 is 0 Å². The lowest BCUT2D eigenvalue weighted by Gasteiger charge is -2.25. The number of hydrogen-bond donors (Lipinski definition) is 6. The number of aromatic hydroxyl groups is 1. The molecular weight excluding hydrogens is 464 g/mol. The number of phenols is 1. The molecule has 3 amide bonds. The molecule has 0 saturated carbocycles. The van der Waals surface area contributed by atoms with Gasteiger partial charge in [-0.05, 0) is 35.6 Å². The van der Waals surface area contributed by atoms with E-state index in [0.717, 1.165) is 5.56 Å². The van der Waals surface area contributed by atoms with Crippen molar-refractivity contribution in [2.75, 3.05) is 6.54 Å². The maximum atomic E-state index is 13.3. The van der Waals surface area contributed by atoms with E-state index in [4.69, 9.17) is 5.73 Å². The molecule has 36 heavy (non-hydrogen) atoms. The van der Waals surface area contributed by atoms with Crippen molar-refractivity contribution in [1.29, 1.82) is 0 Å². The normalized spacial score (nSPS) is 13.3. The molecule has 0 aliphatic carbocycles. The molecule has 0 spiro atoms. The quantitative estimate of drug-likeness (QED) is 0.236. The van der Waals surface area contributed by atoms with Crippen molar-refractivity contribution in [2.45, 2.75) is 51.2 Å². The van der Waals surface area contributed by atoms with Crippen LogP contribution in [0.4, 0.5) is 0 Å². The van der Waals surface area contributed by atoms with E-state index in [-0.39, 0.29) is 37.5 Å². The van der Waals surface area contributed by atoms with Crippen LogP contribution < -0.4 is 21.7 Å². The number of nitrogens with one attached hydrogen (secondary N) is 3. The maximum absolute atomic E-state index is 13.3. The zero-order valence-electron chi connectivity index (χ0n) is 20.4. The highest BCUT2D eigenvalue weighted by atomic mass is 16.4. The Labute approximate surface area is 210 Å². The average Bonchev–Trinajstić information content (AvgIpc) is 2.84. The fourth-order valence-corrected chi connectivity index (χ4v) is 3.63. The molecule has 2 aromatic rings. The molecular formula is C26H34N4O6. The molecule has 0 heterocycles. The summed E-state index contributed by atoms with van der Waals surface area (Å²) in [6, 6.07) is 11.9. The molecule has 10 heteroatoms. The van der Waals surface area contributed by atoms with Crippen molar-refractivity contribution in [1.82, 2.24) is 16.0 Å². The summed E-state index contributed by atoms with van der Waals surface area (Å²) in [5.41, 5.74) is 6.84. The Morgan fingerprint density at radius 1 is 0.778 bits per heavy atom. The van der Waals surface area contributed by atoms with Crippen LogP contribution in [-0.4, -0.2) is 58.6 Å². The first-order valence-electron chi connectivity index (χ1n) is 11.7. The minimum absolute atomic E-state index is 0.0123. The minimum Gasteiger partial charge on any atom is -0.508 e. The molecule has 0 aliphatic rings. The number of carbonyl (C=O) groups is 4. The van der Waals surface area contributed by atoms with E-state index in [2.05, 4.69) is 16.0 Å². The summed E-state index contributed by atoms with van der Waals surface area (Å²) in [6.45, 7) is 3.36. The second kappa shape index (κ2) is 13.8. The highest BCUT2D eigenvalue weighted by Crippen LogP contribution is 2.13. The van der Waals surface area contributed by atoms with Gasteiger partial charge in [-0.15, -0.1) is 0 Å². The Balaban J connectivity index is 2.28. The smallest absolute Gasteiger partial charge is 0.326 e. The lowest BCUT2D eigenvalue weighted by atomic mass is 10.0. The van der Waals surface area contributed by atoms with Crippen molar-refractivity contribution in [3.63, 3.8) is 0 Å². The topological polar surface area (TPSA) is 171 Å². The van der Waals surface area contributed by atoms with Crippen molar-refractivity contribution >= 4 is 23.7 Å². The Hall–Kier alpha value is -3.92. The number of aliphatic carboxylic acids is 1. The molecule has 7 N–H and O–H groups in total. The number of hydrogen-bond acceptors (Lipinski definition) is 6. The molecule has 0 fully saturated rings. The molecule has 3 atom stereocenters. The molecule has 0 bridgehead atoms. The monoisotopic (exact) mass is 498 g/mol. The van der Waals surface area contributed by atoms with Crippen LogP contribution in [0.1, 0.15) is 31.4 Å². The number of nitrogens with two attached hydrogens (primary N) is 1. The molecule has 194 valence electrons. The Kier molecular flexibility index (Phi) is 10.9. The summed E-state index contributed by atoms with van der Waals surface area (Å²) < 4.78 is 0. The lowest BCUT2D eigenvalue weighted by Crippen LogP contribution is -2.57. The zero-order valence-corrected chi connectivity index (χ0v) is 20.4. The Morgan fingerprint density at radius 2 is 1.28 bits per heavy atom. The van der Waals surface area contributed by atoms with Gasteiger partial charge in [-0.25, -0.2) is 4.79 Å². The number of phenolic OH excluding ortho intramolecular Hbond substituents is 1. The van der Waals surface area contributed by atoms with E-state index < -0.39 is 41.8 Å². The number of carbonyl (C=O) groups excluding carboxylic acids is 3. The third-order valence-corrected chi connectivity index (χ3v) is 5.45. The summed E-state index contributed by atoms with van der Waals surface area (Å²) in [4.78, 5) is 50.1. The molecule has 3 unspecified atom stereocenters. The summed E-state index contributed by atoms with van der Waals surface area (Å²) >= 11 is 0. The first-order valence-corrected chi connectivity index (χ1v) is 11.7. The predicted octanol–water partition coefficient (Wildman–Crippen LogP) is 0.721. The van der Waals surface area contributed by atoms with Gasteiger partial charge in [0.2, 0.25) is 17.7 Å². The zero-order chi connectivity index (χ0) is 26.7. The van der Waals surface area contributed by atoms with Crippen molar-refractivity contribution in [3.8, 4) is 5.75 Å². The average molecular weight is 499 g/mol. The van der Waals surface area contributed by atoms with Crippen molar-refractivity contribution < 1.29 is 29.4 Å². The van der Waals surface area contributed by atoms with Crippen LogP contribution in [0.25, 0.3) is 0 Å². The van der Waals surface area contributed by atoms with E-state index in [0.29, 0.717) is 5.56 Å². The molecule has 0 saturated heterocycles. The fraction of sp³-hybridized carbons (Fsp3) is 0.385. The van der Waals surface area contributed by atoms with E-state index in [9.17, 15) is 29.4 Å². The molecule has 2 rings (SSSR count). The van der Waals surface area contributed by atoms with Gasteiger partial charge in [0.25, 0.3) is 0 Å². The third kappa shape index (κ3) is 9.38. The van der Waals surface area contributed by atoms with E-state index in [1.165, 1.54) is 12.1 Å². The number of benzene rings is 2. The highest BCUT2D eigenvalue weighted by Gasteiger charge is 2.30. The largest absolute Gasteiger partial charge is 0.508 e. The lowest BCUT2D eigenvalue weighted by molar-refractivity contribution is -0.142. The second-order valence-corrected chi connectivity index (χ2v) is 8.97. The summed E-state index contributed by atoms with van der Waals surface area (Å²) in [7, 11) is 0. The molecule has 0 radical (unpaired) electrons. The second-order valence-electron chi connectivity index (χ2n) is 8.97. The van der Waals surface area contributed by atoms with E-state index in [1.54, 1.807) is 36.4 Å². The number of carboxylic acid groups (broad SMARTS) is 1. The van der Waals surface area contributed by atoms with Crippen molar-refractivity contribution in [2.24, 2.45) is 11.7 Å². The fourth-order valence-electron chi connectivity index (χ4n) is 3.63. The van der Waals surface area contributed by atoms with E-state index in [1.807, 2.05) is 19.9 Å². The Morgan fingerprint density at radius 3 is 1.78 bits per heavy atom. The van der Waals surface area contributed by atoms with Crippen LogP contribution in [0.15, 0.2) is 54.6 Å². The predicted molar refractivity (Wildman–Crippen MR) is 134 cm³/mol. The first kappa shape index (κ1) is 28.3. The van der Waals surface area contributed by atoms with Gasteiger partial charge in [-0.3, -0.25) is 14.4 Å². The van der Waals surface area contributed by atoms with Gasteiger partial charge >= 0.3 is 5.97 Å². The minimum atomic E-state index is -1.18. The van der Waals surface area contributed by atoms with Gasteiger partial charge in [0, 0.05) is 12.8 Å². The van der Waals surface area contributed by atoms with Crippen LogP contribution in [0.2, 0.25) is 0 Å². The standard InChI is InChI=1S/C26H34N4O6/c1-16(2)12-22(26(35)36)30-25(34)21(14-18-8-10-19(31)11-9-18)29-24(33)20(28-23(32)15-27)13-17-6-4-3-5-7-17/h3-11,16,20-22,31H,12-15,27H2,1-2H3,(H,28,32)(H,29,33)(H,30,34)(H,35,36). The third-order valence-electron chi connectivity index (χ3n) is 5.45. The molecule has 0 aromatic heterocycles. The summed E-state index contributed by atoms with van der Waals surface area (Å²) in [6.07, 6.45) is 0.413. The van der Waals surface area contributed by atoms with Crippen LogP contribution in [-0.2, 0) is 32.0 Å². The van der Waals surface area contributed by atoms with Crippen LogP contribution in [0.5, 0.6) is 5.75 Å². The molecule has 0 aliphatic heterocycles. The summed E-state index contributed by atoms with van der Waals surface area (Å²) in [5, 5.41) is 26.9. The van der Waals surface area contributed by atoms with E-state index >= 15 is 0 Å². The van der Waals surface area contributed by atoms with Crippen LogP contribution in [0, 0.1) is 5.92 Å². The molecule has 10 nitrogen and oxygen atoms in total. The highest BCUT2D eigenvalue weighted by molar-refractivity contribution is 5.93. The van der Waals surface area contributed by atoms with Gasteiger partial charge in [0.05, 0.1) is 6.54 Å². The van der Waals surface area contributed by atoms with Gasteiger partial charge < -0.3 is 31.9 Å². The van der Waals surface area contributed by atoms with Gasteiger partial charge in [0.15, 0.2) is 0 Å². The van der Waals surface area contributed by atoms with Gasteiger partial charge in [0.1, 0.15) is 23.9 Å². The number of carboxylic acids is 1. The van der Waals surface area contributed by atoms with Gasteiger partial charge in [-0.1, -0.05) is 56.3 Å². The number of rotatable bonds is 13. The van der Waals surface area contributed by atoms with Crippen molar-refractivity contribution in [3.05, 3.63) is 65.7 Å².